The predicted octanol–water partition coefficient (Wildman–Crippen LogP) is 2.79. The molecule has 5 heterocycles. The van der Waals surface area contributed by atoms with Gasteiger partial charge in [-0.25, -0.2) is 4.98 Å². The number of carbonyl (C=O) groups excluding carboxylic acids is 1. The van der Waals surface area contributed by atoms with Crippen LogP contribution in [0.3, 0.4) is 0 Å². The van der Waals surface area contributed by atoms with Gasteiger partial charge >= 0.3 is 0 Å². The van der Waals surface area contributed by atoms with Crippen molar-refractivity contribution in [2.24, 2.45) is 14.1 Å². The molecule has 0 aliphatic carbocycles. The summed E-state index contributed by atoms with van der Waals surface area (Å²) in [4.78, 5) is 19.4. The standard InChI is InChI=1S/C26H31N7O2S/c1-17(34)32-9-10-33-23(16-32)25(28-26(33)18-7-11-36(4,35)12-8-18)19-5-6-22-21(13-19)24(29-31(22)3)20-14-27-30(2)15-20/h5-6,13-15,18H,4,7-12,16H2,1-3H3. The van der Waals surface area contributed by atoms with Gasteiger partial charge in [0, 0.05) is 74.2 Å². The lowest BCUT2D eigenvalue weighted by Crippen LogP contribution is -2.37. The Morgan fingerprint density at radius 3 is 2.58 bits per heavy atom. The fraction of sp³-hybridized carbons (Fsp3) is 0.423. The first-order chi connectivity index (χ1) is 17.2. The first-order valence-corrected chi connectivity index (χ1v) is 14.4. The second-order valence-electron chi connectivity index (χ2n) is 10.1. The molecule has 9 nitrogen and oxygen atoms in total. The van der Waals surface area contributed by atoms with E-state index in [0.717, 1.165) is 64.3 Å². The van der Waals surface area contributed by atoms with Gasteiger partial charge in [0.1, 0.15) is 11.5 Å². The Morgan fingerprint density at radius 1 is 1.11 bits per heavy atom. The van der Waals surface area contributed by atoms with Gasteiger partial charge in [0.25, 0.3) is 0 Å². The molecule has 0 radical (unpaired) electrons. The van der Waals surface area contributed by atoms with E-state index in [1.54, 1.807) is 11.6 Å². The van der Waals surface area contributed by atoms with E-state index in [2.05, 4.69) is 33.7 Å². The molecule has 0 atom stereocenters. The van der Waals surface area contributed by atoms with Crippen LogP contribution in [0.2, 0.25) is 0 Å². The zero-order valence-electron chi connectivity index (χ0n) is 21.0. The van der Waals surface area contributed by atoms with Crippen LogP contribution in [0.15, 0.2) is 30.6 Å². The van der Waals surface area contributed by atoms with E-state index in [1.807, 2.05) is 36.1 Å². The number of fused-ring (bicyclic) bond motifs is 2. The largest absolute Gasteiger partial charge is 0.335 e. The van der Waals surface area contributed by atoms with Crippen molar-refractivity contribution in [2.45, 2.75) is 38.8 Å². The first-order valence-electron chi connectivity index (χ1n) is 12.3. The van der Waals surface area contributed by atoms with Gasteiger partial charge in [0.05, 0.1) is 29.6 Å². The van der Waals surface area contributed by atoms with Crippen LogP contribution in [-0.4, -0.2) is 68.0 Å². The number of benzene rings is 1. The van der Waals surface area contributed by atoms with E-state index in [9.17, 15) is 9.00 Å². The van der Waals surface area contributed by atoms with Gasteiger partial charge in [-0.2, -0.15) is 10.2 Å². The molecule has 1 amide bonds. The Hall–Kier alpha value is -3.40. The zero-order chi connectivity index (χ0) is 25.2. The highest BCUT2D eigenvalue weighted by atomic mass is 32.2. The van der Waals surface area contributed by atoms with Gasteiger partial charge in [-0.1, -0.05) is 6.07 Å². The highest BCUT2D eigenvalue weighted by molar-refractivity contribution is 8.00. The van der Waals surface area contributed by atoms with Crippen LogP contribution in [0, 0.1) is 0 Å². The van der Waals surface area contributed by atoms with Crippen molar-refractivity contribution in [2.75, 3.05) is 18.1 Å². The van der Waals surface area contributed by atoms with Crippen LogP contribution < -0.4 is 0 Å². The summed E-state index contributed by atoms with van der Waals surface area (Å²) in [6, 6.07) is 6.35. The third-order valence-corrected chi connectivity index (χ3v) is 9.58. The topological polar surface area (TPSA) is 90.8 Å². The minimum Gasteiger partial charge on any atom is -0.335 e. The first kappa shape index (κ1) is 23.0. The van der Waals surface area contributed by atoms with Crippen LogP contribution >= 0.6 is 0 Å². The molecule has 1 aromatic carbocycles. The molecular weight excluding hydrogens is 474 g/mol. The number of amides is 1. The molecule has 2 aliphatic heterocycles. The van der Waals surface area contributed by atoms with Gasteiger partial charge in [0.15, 0.2) is 0 Å². The molecule has 0 spiro atoms. The molecule has 0 bridgehead atoms. The number of nitrogens with zero attached hydrogens (tertiary/aromatic N) is 7. The molecule has 0 N–H and O–H groups in total. The average molecular weight is 506 g/mol. The molecule has 4 aromatic rings. The Balaban J connectivity index is 1.48. The van der Waals surface area contributed by atoms with Crippen LogP contribution in [-0.2, 0) is 41.5 Å². The smallest absolute Gasteiger partial charge is 0.219 e. The van der Waals surface area contributed by atoms with Crippen LogP contribution in [0.5, 0.6) is 0 Å². The Bertz CT molecular complexity index is 1590. The predicted molar refractivity (Wildman–Crippen MR) is 142 cm³/mol. The van der Waals surface area contributed by atoms with Crippen molar-refractivity contribution in [3.63, 3.8) is 0 Å². The van der Waals surface area contributed by atoms with E-state index in [1.165, 1.54) is 0 Å². The molecule has 2 aliphatic rings. The van der Waals surface area contributed by atoms with Gasteiger partial charge in [-0.3, -0.25) is 18.4 Å². The second-order valence-corrected chi connectivity index (χ2v) is 12.9. The molecule has 1 fully saturated rings. The SMILES string of the molecule is C=S1(=O)CCC(c2nc(-c3ccc4c(c3)c(-c3cnn(C)c3)nn4C)c3n2CCN(C(C)=O)C3)CC1. The number of carbonyl (C=O) groups is 1. The maximum Gasteiger partial charge on any atom is 0.219 e. The lowest BCUT2D eigenvalue weighted by atomic mass is 10.0. The van der Waals surface area contributed by atoms with E-state index < -0.39 is 9.52 Å². The van der Waals surface area contributed by atoms with Crippen molar-refractivity contribution in [3.05, 3.63) is 42.1 Å². The molecule has 0 unspecified atom stereocenters. The minimum absolute atomic E-state index is 0.0750. The molecule has 0 saturated carbocycles. The summed E-state index contributed by atoms with van der Waals surface area (Å²) < 4.78 is 18.5. The molecular formula is C26H31N7O2S. The van der Waals surface area contributed by atoms with Gasteiger partial charge in [0.2, 0.25) is 5.91 Å². The number of aryl methyl sites for hydroxylation is 2. The maximum atomic E-state index is 12.5. The number of hydrogen-bond donors (Lipinski definition) is 0. The summed E-state index contributed by atoms with van der Waals surface area (Å²) in [5, 5.41) is 10.1. The summed E-state index contributed by atoms with van der Waals surface area (Å²) in [5.74, 6) is 6.61. The van der Waals surface area contributed by atoms with Crippen molar-refractivity contribution < 1.29 is 9.00 Å². The van der Waals surface area contributed by atoms with E-state index in [0.29, 0.717) is 24.6 Å². The molecule has 1 saturated heterocycles. The highest BCUT2D eigenvalue weighted by Gasteiger charge is 2.31. The van der Waals surface area contributed by atoms with E-state index in [4.69, 9.17) is 10.1 Å². The number of hydrogen-bond acceptors (Lipinski definition) is 5. The number of aromatic nitrogens is 6. The molecule has 3 aromatic heterocycles. The lowest BCUT2D eigenvalue weighted by molar-refractivity contribution is -0.130. The van der Waals surface area contributed by atoms with Crippen molar-refractivity contribution >= 4 is 32.2 Å². The fourth-order valence-corrected chi connectivity index (χ4v) is 7.23. The van der Waals surface area contributed by atoms with Crippen molar-refractivity contribution in [1.29, 1.82) is 0 Å². The quantitative estimate of drug-likeness (QED) is 0.400. The maximum absolute atomic E-state index is 12.5. The zero-order valence-corrected chi connectivity index (χ0v) is 21.8. The Labute approximate surface area is 210 Å². The molecule has 10 heteroatoms. The van der Waals surface area contributed by atoms with Gasteiger partial charge in [-0.05, 0) is 40.4 Å². The number of rotatable bonds is 3. The number of imidazole rings is 1. The normalized spacial score (nSPS) is 22.2. The van der Waals surface area contributed by atoms with Gasteiger partial charge in [-0.15, -0.1) is 0 Å². The monoisotopic (exact) mass is 505 g/mol. The van der Waals surface area contributed by atoms with E-state index >= 15 is 0 Å². The van der Waals surface area contributed by atoms with Crippen molar-refractivity contribution in [3.8, 4) is 22.5 Å². The second kappa shape index (κ2) is 8.33. The summed E-state index contributed by atoms with van der Waals surface area (Å²) in [7, 11) is 1.88. The summed E-state index contributed by atoms with van der Waals surface area (Å²) >= 11 is 0. The highest BCUT2D eigenvalue weighted by Crippen LogP contribution is 2.37. The minimum atomic E-state index is -1.97. The summed E-state index contributed by atoms with van der Waals surface area (Å²) in [5.41, 5.74) is 5.89. The van der Waals surface area contributed by atoms with E-state index in [-0.39, 0.29) is 11.8 Å². The van der Waals surface area contributed by atoms with Crippen LogP contribution in [0.25, 0.3) is 33.4 Å². The Kier molecular flexibility index (Phi) is 5.33. The van der Waals surface area contributed by atoms with Crippen LogP contribution in [0.4, 0.5) is 0 Å². The Morgan fingerprint density at radius 2 is 1.89 bits per heavy atom. The lowest BCUT2D eigenvalue weighted by Gasteiger charge is -2.31. The van der Waals surface area contributed by atoms with Crippen LogP contribution in [0.1, 0.15) is 37.2 Å². The molecule has 36 heavy (non-hydrogen) atoms. The summed E-state index contributed by atoms with van der Waals surface area (Å²) in [6.45, 7) is 3.57. The summed E-state index contributed by atoms with van der Waals surface area (Å²) in [6.07, 6.45) is 5.47. The third kappa shape index (κ3) is 3.84. The fourth-order valence-electron chi connectivity index (χ4n) is 5.60. The average Bonchev–Trinajstić information content (AvgIpc) is 3.54. The van der Waals surface area contributed by atoms with Crippen molar-refractivity contribution in [1.82, 2.24) is 34.0 Å². The van der Waals surface area contributed by atoms with Gasteiger partial charge < -0.3 is 9.47 Å². The molecule has 188 valence electrons. The third-order valence-electron chi connectivity index (χ3n) is 7.63. The molecule has 6 rings (SSSR count).